The summed E-state index contributed by atoms with van der Waals surface area (Å²) < 4.78 is 7.26. The monoisotopic (exact) mass is 265 g/mol. The number of aromatic nitrogens is 2. The summed E-state index contributed by atoms with van der Waals surface area (Å²) in [5.41, 5.74) is -0.298. The Morgan fingerprint density at radius 1 is 1.53 bits per heavy atom. The second-order valence-electron chi connectivity index (χ2n) is 5.97. The summed E-state index contributed by atoms with van der Waals surface area (Å²) in [6, 6.07) is 0. The maximum atomic E-state index is 12.2. The van der Waals surface area contributed by atoms with Gasteiger partial charge in [-0.15, -0.1) is 0 Å². The Hall–Kier alpha value is -1.36. The largest absolute Gasteiger partial charge is 0.378 e. The number of nitrogens with zero attached hydrogens (tertiary/aromatic N) is 2. The first kappa shape index (κ1) is 14.1. The third-order valence-electron chi connectivity index (χ3n) is 3.35. The summed E-state index contributed by atoms with van der Waals surface area (Å²) >= 11 is 0. The van der Waals surface area contributed by atoms with Gasteiger partial charge >= 0.3 is 0 Å². The first-order valence-electron chi connectivity index (χ1n) is 6.92. The van der Waals surface area contributed by atoms with Gasteiger partial charge in [0, 0.05) is 31.1 Å². The van der Waals surface area contributed by atoms with Crippen LogP contribution in [0.3, 0.4) is 0 Å². The number of hydrogen-bond donors (Lipinski definition) is 1. The number of ether oxygens (including phenoxy) is 1. The van der Waals surface area contributed by atoms with Crippen molar-refractivity contribution in [1.82, 2.24) is 9.55 Å². The fourth-order valence-electron chi connectivity index (χ4n) is 2.28. The molecule has 1 aliphatic rings. The number of hydrogen-bond acceptors (Lipinski definition) is 4. The van der Waals surface area contributed by atoms with E-state index in [1.807, 2.05) is 20.8 Å². The molecule has 1 N–H and O–H groups in total. The van der Waals surface area contributed by atoms with Crippen LogP contribution in [0, 0.1) is 0 Å². The van der Waals surface area contributed by atoms with E-state index in [-0.39, 0.29) is 11.1 Å². The van der Waals surface area contributed by atoms with Gasteiger partial charge in [-0.2, -0.15) is 0 Å². The molecular weight excluding hydrogens is 242 g/mol. The Morgan fingerprint density at radius 2 is 2.32 bits per heavy atom. The van der Waals surface area contributed by atoms with E-state index in [0.717, 1.165) is 32.4 Å². The summed E-state index contributed by atoms with van der Waals surface area (Å²) in [5, 5.41) is 3.13. The Bertz CT molecular complexity index is 470. The lowest BCUT2D eigenvalue weighted by molar-refractivity contribution is 0.107. The fraction of sp³-hybridized carbons (Fsp3) is 0.714. The molecule has 0 aromatic carbocycles. The van der Waals surface area contributed by atoms with Crippen molar-refractivity contribution in [3.63, 3.8) is 0 Å². The molecule has 1 aliphatic heterocycles. The van der Waals surface area contributed by atoms with Crippen LogP contribution >= 0.6 is 0 Å². The van der Waals surface area contributed by atoms with Gasteiger partial charge in [0.1, 0.15) is 0 Å². The van der Waals surface area contributed by atoms with Crippen molar-refractivity contribution >= 4 is 5.82 Å². The molecule has 1 aromatic heterocycles. The fourth-order valence-corrected chi connectivity index (χ4v) is 2.28. The molecule has 1 aromatic rings. The van der Waals surface area contributed by atoms with Gasteiger partial charge in [0.25, 0.3) is 5.56 Å². The molecule has 0 amide bonds. The molecule has 1 fully saturated rings. The maximum Gasteiger partial charge on any atom is 0.293 e. The lowest BCUT2D eigenvalue weighted by atomic mass is 10.1. The van der Waals surface area contributed by atoms with E-state index in [9.17, 15) is 4.79 Å². The Morgan fingerprint density at radius 3 is 2.95 bits per heavy atom. The minimum absolute atomic E-state index is 0.0673. The van der Waals surface area contributed by atoms with Crippen LogP contribution in [0.4, 0.5) is 5.82 Å². The van der Waals surface area contributed by atoms with Crippen LogP contribution in [0.15, 0.2) is 17.2 Å². The predicted octanol–water partition coefficient (Wildman–Crippen LogP) is 1.98. The van der Waals surface area contributed by atoms with Crippen LogP contribution in [0.1, 0.15) is 40.0 Å². The van der Waals surface area contributed by atoms with Crippen LogP contribution < -0.4 is 10.9 Å². The van der Waals surface area contributed by atoms with Crippen molar-refractivity contribution in [3.8, 4) is 0 Å². The standard InChI is InChI=1S/C14H23N3O2/c1-14(2,3)17-9-8-16-12(13(17)18)15-7-6-11-5-4-10-19-11/h8-9,11H,4-7,10H2,1-3H3,(H,15,16). The van der Waals surface area contributed by atoms with E-state index < -0.39 is 0 Å². The molecule has 19 heavy (non-hydrogen) atoms. The minimum atomic E-state index is -0.231. The molecule has 0 aliphatic carbocycles. The summed E-state index contributed by atoms with van der Waals surface area (Å²) in [5.74, 6) is 0.426. The van der Waals surface area contributed by atoms with Gasteiger partial charge in [-0.1, -0.05) is 0 Å². The molecule has 106 valence electrons. The van der Waals surface area contributed by atoms with Crippen LogP contribution in [-0.2, 0) is 10.3 Å². The average molecular weight is 265 g/mol. The van der Waals surface area contributed by atoms with Crippen LogP contribution in [0.2, 0.25) is 0 Å². The topological polar surface area (TPSA) is 56.1 Å². The molecule has 1 saturated heterocycles. The molecule has 5 nitrogen and oxygen atoms in total. The van der Waals surface area contributed by atoms with E-state index in [1.165, 1.54) is 0 Å². The summed E-state index contributed by atoms with van der Waals surface area (Å²) in [6.45, 7) is 7.60. The normalized spacial score (nSPS) is 19.6. The molecule has 1 unspecified atom stereocenters. The molecule has 1 atom stereocenters. The number of nitrogens with one attached hydrogen (secondary N) is 1. The Labute approximate surface area is 114 Å². The summed E-state index contributed by atoms with van der Waals surface area (Å²) in [6.07, 6.45) is 6.92. The second-order valence-corrected chi connectivity index (χ2v) is 5.97. The minimum Gasteiger partial charge on any atom is -0.378 e. The quantitative estimate of drug-likeness (QED) is 0.904. The van der Waals surface area contributed by atoms with Gasteiger partial charge in [0.05, 0.1) is 6.10 Å². The first-order valence-corrected chi connectivity index (χ1v) is 6.92. The van der Waals surface area contributed by atoms with Gasteiger partial charge in [0.15, 0.2) is 5.82 Å². The van der Waals surface area contributed by atoms with Gasteiger partial charge in [-0.25, -0.2) is 4.98 Å². The predicted molar refractivity (Wildman–Crippen MR) is 75.6 cm³/mol. The third-order valence-corrected chi connectivity index (χ3v) is 3.35. The van der Waals surface area contributed by atoms with Crippen molar-refractivity contribution in [2.75, 3.05) is 18.5 Å². The second kappa shape index (κ2) is 5.74. The maximum absolute atomic E-state index is 12.2. The van der Waals surface area contributed by atoms with Crippen molar-refractivity contribution in [1.29, 1.82) is 0 Å². The average Bonchev–Trinajstić information content (AvgIpc) is 2.83. The van der Waals surface area contributed by atoms with Crippen molar-refractivity contribution in [2.24, 2.45) is 0 Å². The lowest BCUT2D eigenvalue weighted by Gasteiger charge is -2.22. The van der Waals surface area contributed by atoms with Crippen LogP contribution in [-0.4, -0.2) is 28.8 Å². The van der Waals surface area contributed by atoms with Crippen LogP contribution in [0.5, 0.6) is 0 Å². The van der Waals surface area contributed by atoms with Gasteiger partial charge in [0.2, 0.25) is 0 Å². The Kier molecular flexibility index (Phi) is 4.24. The number of rotatable bonds is 4. The third kappa shape index (κ3) is 3.56. The molecule has 0 saturated carbocycles. The SMILES string of the molecule is CC(C)(C)n1ccnc(NCCC2CCCO2)c1=O. The van der Waals surface area contributed by atoms with Crippen molar-refractivity contribution in [2.45, 2.75) is 51.7 Å². The number of anilines is 1. The van der Waals surface area contributed by atoms with E-state index in [2.05, 4.69) is 10.3 Å². The van der Waals surface area contributed by atoms with Gasteiger partial charge in [-0.05, 0) is 40.0 Å². The molecule has 0 spiro atoms. The molecule has 2 heterocycles. The zero-order chi connectivity index (χ0) is 13.9. The zero-order valence-electron chi connectivity index (χ0n) is 12.0. The van der Waals surface area contributed by atoms with Crippen molar-refractivity contribution < 1.29 is 4.74 Å². The smallest absolute Gasteiger partial charge is 0.293 e. The molecule has 2 rings (SSSR count). The highest BCUT2D eigenvalue weighted by atomic mass is 16.5. The highest BCUT2D eigenvalue weighted by Gasteiger charge is 2.17. The molecular formula is C14H23N3O2. The molecule has 0 bridgehead atoms. The van der Waals surface area contributed by atoms with Crippen molar-refractivity contribution in [3.05, 3.63) is 22.7 Å². The summed E-state index contributed by atoms with van der Waals surface area (Å²) in [4.78, 5) is 16.4. The van der Waals surface area contributed by atoms with Gasteiger partial charge in [-0.3, -0.25) is 4.79 Å². The highest BCUT2D eigenvalue weighted by molar-refractivity contribution is 5.31. The first-order chi connectivity index (χ1) is 8.98. The lowest BCUT2D eigenvalue weighted by Crippen LogP contribution is -2.35. The molecule has 0 radical (unpaired) electrons. The summed E-state index contributed by atoms with van der Waals surface area (Å²) in [7, 11) is 0. The Balaban J connectivity index is 1.98. The highest BCUT2D eigenvalue weighted by Crippen LogP contribution is 2.15. The molecule has 5 heteroatoms. The zero-order valence-corrected chi connectivity index (χ0v) is 12.0. The van der Waals surface area contributed by atoms with E-state index >= 15 is 0 Å². The van der Waals surface area contributed by atoms with E-state index in [1.54, 1.807) is 17.0 Å². The van der Waals surface area contributed by atoms with E-state index in [0.29, 0.717) is 11.9 Å². The van der Waals surface area contributed by atoms with E-state index in [4.69, 9.17) is 4.74 Å². The van der Waals surface area contributed by atoms with Gasteiger partial charge < -0.3 is 14.6 Å². The van der Waals surface area contributed by atoms with Crippen LogP contribution in [0.25, 0.3) is 0 Å².